The fourth-order valence-corrected chi connectivity index (χ4v) is 2.43. The third-order valence-electron chi connectivity index (χ3n) is 3.36. The summed E-state index contributed by atoms with van der Waals surface area (Å²) in [5, 5.41) is 15.6. The van der Waals surface area contributed by atoms with E-state index in [1.54, 1.807) is 11.8 Å². The van der Waals surface area contributed by atoms with Crippen molar-refractivity contribution in [3.8, 4) is 0 Å². The van der Waals surface area contributed by atoms with E-state index in [9.17, 15) is 9.59 Å². The van der Waals surface area contributed by atoms with Crippen LogP contribution in [0.15, 0.2) is 6.20 Å². The predicted octanol–water partition coefficient (Wildman–Crippen LogP) is 0.901. The predicted molar refractivity (Wildman–Crippen MR) is 64.1 cm³/mol. The molecule has 2 heterocycles. The SMILES string of the molecule is Cc1[nH]ncc1C(=O)N1CC(C)CC(C(=O)O)C1. The first-order chi connectivity index (χ1) is 8.49. The topological polar surface area (TPSA) is 86.3 Å². The van der Waals surface area contributed by atoms with Gasteiger partial charge in [-0.3, -0.25) is 14.7 Å². The van der Waals surface area contributed by atoms with Gasteiger partial charge in [0.15, 0.2) is 0 Å². The second-order valence-corrected chi connectivity index (χ2v) is 4.99. The lowest BCUT2D eigenvalue weighted by atomic mass is 9.90. The third-order valence-corrected chi connectivity index (χ3v) is 3.36. The summed E-state index contributed by atoms with van der Waals surface area (Å²) in [5.41, 5.74) is 1.23. The Kier molecular flexibility index (Phi) is 3.36. The van der Waals surface area contributed by atoms with Gasteiger partial charge in [0, 0.05) is 18.8 Å². The Bertz CT molecular complexity index is 469. The van der Waals surface area contributed by atoms with E-state index in [1.807, 2.05) is 6.92 Å². The number of nitrogens with zero attached hydrogens (tertiary/aromatic N) is 2. The van der Waals surface area contributed by atoms with Gasteiger partial charge < -0.3 is 10.0 Å². The van der Waals surface area contributed by atoms with Gasteiger partial charge in [-0.05, 0) is 19.3 Å². The number of carbonyl (C=O) groups excluding carboxylic acids is 1. The number of carbonyl (C=O) groups is 2. The number of hydrogen-bond donors (Lipinski definition) is 2. The first-order valence-corrected chi connectivity index (χ1v) is 6.01. The second kappa shape index (κ2) is 4.80. The second-order valence-electron chi connectivity index (χ2n) is 4.99. The zero-order valence-corrected chi connectivity index (χ0v) is 10.5. The van der Waals surface area contributed by atoms with Crippen LogP contribution in [0.2, 0.25) is 0 Å². The van der Waals surface area contributed by atoms with E-state index in [-0.39, 0.29) is 18.4 Å². The number of aryl methyl sites for hydroxylation is 1. The van der Waals surface area contributed by atoms with Crippen LogP contribution >= 0.6 is 0 Å². The smallest absolute Gasteiger partial charge is 0.308 e. The normalized spacial score (nSPS) is 24.0. The highest BCUT2D eigenvalue weighted by molar-refractivity contribution is 5.95. The lowest BCUT2D eigenvalue weighted by molar-refractivity contribution is -0.143. The Hall–Kier alpha value is -1.85. The first-order valence-electron chi connectivity index (χ1n) is 6.01. The molecule has 98 valence electrons. The lowest BCUT2D eigenvalue weighted by Crippen LogP contribution is -2.45. The number of carboxylic acids is 1. The number of aliphatic carboxylic acids is 1. The Morgan fingerprint density at radius 1 is 1.50 bits per heavy atom. The molecule has 1 fully saturated rings. The quantitative estimate of drug-likeness (QED) is 0.817. The van der Waals surface area contributed by atoms with Crippen molar-refractivity contribution in [2.75, 3.05) is 13.1 Å². The summed E-state index contributed by atoms with van der Waals surface area (Å²) in [7, 11) is 0. The van der Waals surface area contributed by atoms with Crippen LogP contribution in [-0.4, -0.2) is 45.2 Å². The Morgan fingerprint density at radius 3 is 2.78 bits per heavy atom. The maximum atomic E-state index is 12.3. The molecule has 1 aliphatic heterocycles. The highest BCUT2D eigenvalue weighted by Gasteiger charge is 2.32. The largest absolute Gasteiger partial charge is 0.481 e. The average molecular weight is 251 g/mol. The standard InChI is InChI=1S/C12H17N3O3/c1-7-3-9(12(17)18)6-15(5-7)11(16)10-4-13-14-8(10)2/h4,7,9H,3,5-6H2,1-2H3,(H,13,14)(H,17,18). The molecule has 0 aliphatic carbocycles. The summed E-state index contributed by atoms with van der Waals surface area (Å²) in [5.74, 6) is -1.23. The number of amides is 1. The van der Waals surface area contributed by atoms with Gasteiger partial charge >= 0.3 is 5.97 Å². The summed E-state index contributed by atoms with van der Waals surface area (Å²) < 4.78 is 0. The number of hydrogen-bond acceptors (Lipinski definition) is 3. The number of aromatic nitrogens is 2. The Labute approximate surface area is 105 Å². The zero-order chi connectivity index (χ0) is 13.3. The van der Waals surface area contributed by atoms with E-state index in [1.165, 1.54) is 6.20 Å². The molecule has 1 aromatic rings. The van der Waals surface area contributed by atoms with Crippen molar-refractivity contribution < 1.29 is 14.7 Å². The van der Waals surface area contributed by atoms with E-state index in [4.69, 9.17) is 5.11 Å². The number of carboxylic acid groups (broad SMARTS) is 1. The molecule has 0 radical (unpaired) electrons. The number of rotatable bonds is 2. The molecule has 0 saturated carbocycles. The Morgan fingerprint density at radius 2 is 2.22 bits per heavy atom. The van der Waals surface area contributed by atoms with Crippen molar-refractivity contribution >= 4 is 11.9 Å². The molecule has 2 rings (SSSR count). The highest BCUT2D eigenvalue weighted by atomic mass is 16.4. The molecule has 1 saturated heterocycles. The minimum atomic E-state index is -0.830. The van der Waals surface area contributed by atoms with Crippen molar-refractivity contribution in [2.45, 2.75) is 20.3 Å². The van der Waals surface area contributed by atoms with Gasteiger partial charge in [-0.15, -0.1) is 0 Å². The van der Waals surface area contributed by atoms with E-state index in [2.05, 4.69) is 10.2 Å². The van der Waals surface area contributed by atoms with Crippen LogP contribution in [0.25, 0.3) is 0 Å². The fraction of sp³-hybridized carbons (Fsp3) is 0.583. The molecule has 1 aliphatic rings. The molecule has 2 unspecified atom stereocenters. The van der Waals surface area contributed by atoms with E-state index in [0.29, 0.717) is 24.2 Å². The van der Waals surface area contributed by atoms with Gasteiger partial charge in [0.1, 0.15) is 0 Å². The van der Waals surface area contributed by atoms with E-state index in [0.717, 1.165) is 0 Å². The number of H-pyrrole nitrogens is 1. The zero-order valence-electron chi connectivity index (χ0n) is 10.5. The van der Waals surface area contributed by atoms with Crippen LogP contribution in [0, 0.1) is 18.8 Å². The summed E-state index contributed by atoms with van der Waals surface area (Å²) in [6.07, 6.45) is 2.12. The molecule has 2 N–H and O–H groups in total. The first kappa shape index (κ1) is 12.6. The van der Waals surface area contributed by atoms with Gasteiger partial charge in [0.25, 0.3) is 5.91 Å². The van der Waals surface area contributed by atoms with Crippen molar-refractivity contribution in [3.63, 3.8) is 0 Å². The number of aromatic amines is 1. The third kappa shape index (κ3) is 2.37. The van der Waals surface area contributed by atoms with Gasteiger partial charge in [0.05, 0.1) is 17.7 Å². The van der Waals surface area contributed by atoms with Crippen LogP contribution in [0.3, 0.4) is 0 Å². The minimum Gasteiger partial charge on any atom is -0.481 e. The number of nitrogens with one attached hydrogen (secondary N) is 1. The molecular formula is C12H17N3O3. The Balaban J connectivity index is 2.15. The fourth-order valence-electron chi connectivity index (χ4n) is 2.43. The van der Waals surface area contributed by atoms with Crippen molar-refractivity contribution in [1.29, 1.82) is 0 Å². The average Bonchev–Trinajstić information content (AvgIpc) is 2.73. The van der Waals surface area contributed by atoms with Gasteiger partial charge in [-0.1, -0.05) is 6.92 Å². The summed E-state index contributed by atoms with van der Waals surface area (Å²) in [6.45, 7) is 4.64. The molecular weight excluding hydrogens is 234 g/mol. The number of piperidine rings is 1. The molecule has 1 aromatic heterocycles. The van der Waals surface area contributed by atoms with Gasteiger partial charge in [-0.25, -0.2) is 0 Å². The molecule has 2 atom stereocenters. The molecule has 1 amide bonds. The van der Waals surface area contributed by atoms with Crippen molar-refractivity contribution in [3.05, 3.63) is 17.5 Å². The van der Waals surface area contributed by atoms with E-state index >= 15 is 0 Å². The maximum Gasteiger partial charge on any atom is 0.308 e. The highest BCUT2D eigenvalue weighted by Crippen LogP contribution is 2.23. The summed E-state index contributed by atoms with van der Waals surface area (Å²) in [4.78, 5) is 24.9. The monoisotopic (exact) mass is 251 g/mol. The summed E-state index contributed by atoms with van der Waals surface area (Å²) in [6, 6.07) is 0. The molecule has 6 heteroatoms. The van der Waals surface area contributed by atoms with E-state index < -0.39 is 11.9 Å². The summed E-state index contributed by atoms with van der Waals surface area (Å²) >= 11 is 0. The lowest BCUT2D eigenvalue weighted by Gasteiger charge is -2.34. The van der Waals surface area contributed by atoms with Crippen LogP contribution < -0.4 is 0 Å². The van der Waals surface area contributed by atoms with Crippen LogP contribution in [-0.2, 0) is 4.79 Å². The van der Waals surface area contributed by atoms with Crippen LogP contribution in [0.1, 0.15) is 29.4 Å². The van der Waals surface area contributed by atoms with Gasteiger partial charge in [-0.2, -0.15) is 5.10 Å². The number of likely N-dealkylation sites (tertiary alicyclic amines) is 1. The molecule has 6 nitrogen and oxygen atoms in total. The maximum absolute atomic E-state index is 12.3. The minimum absolute atomic E-state index is 0.140. The molecule has 0 bridgehead atoms. The van der Waals surface area contributed by atoms with Crippen LogP contribution in [0.5, 0.6) is 0 Å². The van der Waals surface area contributed by atoms with Crippen molar-refractivity contribution in [2.24, 2.45) is 11.8 Å². The van der Waals surface area contributed by atoms with Crippen LogP contribution in [0.4, 0.5) is 0 Å². The molecule has 18 heavy (non-hydrogen) atoms. The molecule has 0 spiro atoms. The molecule has 0 aromatic carbocycles. The van der Waals surface area contributed by atoms with Gasteiger partial charge in [0.2, 0.25) is 0 Å². The van der Waals surface area contributed by atoms with Crippen molar-refractivity contribution in [1.82, 2.24) is 15.1 Å².